The van der Waals surface area contributed by atoms with E-state index in [0.717, 1.165) is 0 Å². The van der Waals surface area contributed by atoms with Crippen LogP contribution in [-0.4, -0.2) is 7.05 Å². The molecule has 1 N–H and O–H groups in total. The quantitative estimate of drug-likeness (QED) is 0.760. The van der Waals surface area contributed by atoms with Crippen LogP contribution in [0.15, 0.2) is 24.4 Å². The van der Waals surface area contributed by atoms with Crippen LogP contribution in [0.1, 0.15) is 64.2 Å². The first kappa shape index (κ1) is 19.1. The Morgan fingerprint density at radius 3 is 2.06 bits per heavy atom. The summed E-state index contributed by atoms with van der Waals surface area (Å²) in [6.07, 6.45) is 4.12. The largest absolute Gasteiger partial charge is 0.394 e. The highest BCUT2D eigenvalue weighted by Crippen LogP contribution is 2.23. The second kappa shape index (κ2) is 12.2. The molecule has 0 aliphatic rings. The predicted octanol–water partition coefficient (Wildman–Crippen LogP) is 5.36. The third-order valence-electron chi connectivity index (χ3n) is 2.40. The molecule has 0 atom stereocenters. The number of benzene rings is 1. The summed E-state index contributed by atoms with van der Waals surface area (Å²) < 4.78 is 0. The lowest BCUT2D eigenvalue weighted by Crippen LogP contribution is -1.96. The molecule has 0 saturated heterocycles. The lowest BCUT2D eigenvalue weighted by Gasteiger charge is -2.12. The highest BCUT2D eigenvalue weighted by Gasteiger charge is 2.05. The zero-order chi connectivity index (χ0) is 14.6. The molecule has 0 fully saturated rings. The summed E-state index contributed by atoms with van der Waals surface area (Å²) in [6, 6.07) is 6.48. The van der Waals surface area contributed by atoms with Gasteiger partial charge in [0.05, 0.1) is 0 Å². The molecule has 0 aliphatic carbocycles. The molecule has 1 rings (SSSR count). The number of rotatable bonds is 3. The summed E-state index contributed by atoms with van der Waals surface area (Å²) in [7, 11) is 1.92. The van der Waals surface area contributed by atoms with Crippen LogP contribution in [0.3, 0.4) is 0 Å². The van der Waals surface area contributed by atoms with E-state index in [4.69, 9.17) is 0 Å². The van der Waals surface area contributed by atoms with Crippen molar-refractivity contribution < 1.29 is 0 Å². The molecule has 104 valence electrons. The van der Waals surface area contributed by atoms with Gasteiger partial charge in [-0.3, -0.25) is 0 Å². The Bertz CT molecular complexity index is 324. The van der Waals surface area contributed by atoms with E-state index in [2.05, 4.69) is 50.4 Å². The Hall–Kier alpha value is -1.24. The van der Waals surface area contributed by atoms with Gasteiger partial charge in [-0.05, 0) is 41.8 Å². The van der Waals surface area contributed by atoms with Gasteiger partial charge in [0.15, 0.2) is 0 Å². The summed E-state index contributed by atoms with van der Waals surface area (Å²) in [5.74, 6) is 0.575. The van der Waals surface area contributed by atoms with Crippen LogP contribution < -0.4 is 5.32 Å². The molecule has 0 unspecified atom stereocenters. The van der Waals surface area contributed by atoms with Gasteiger partial charge in [0.2, 0.25) is 0 Å². The first-order chi connectivity index (χ1) is 8.66. The maximum Gasteiger partial charge on any atom is 0.00277 e. The highest BCUT2D eigenvalue weighted by atomic mass is 14.8. The number of hydrogen-bond acceptors (Lipinski definition) is 1. The average Bonchev–Trinajstić information content (AvgIpc) is 2.41. The topological polar surface area (TPSA) is 12.0 Å². The molecule has 18 heavy (non-hydrogen) atoms. The molecule has 1 aromatic carbocycles. The van der Waals surface area contributed by atoms with E-state index in [1.807, 2.05) is 40.9 Å². The van der Waals surface area contributed by atoms with Gasteiger partial charge in [-0.2, -0.15) is 0 Å². The lowest BCUT2D eigenvalue weighted by atomic mass is 9.94. The van der Waals surface area contributed by atoms with Crippen molar-refractivity contribution in [2.75, 3.05) is 7.05 Å². The van der Waals surface area contributed by atoms with Crippen molar-refractivity contribution in [2.45, 2.75) is 54.4 Å². The minimum absolute atomic E-state index is 0.575. The molecule has 0 bridgehead atoms. The van der Waals surface area contributed by atoms with Crippen LogP contribution in [0.5, 0.6) is 0 Å². The van der Waals surface area contributed by atoms with Gasteiger partial charge in [0.25, 0.3) is 0 Å². The summed E-state index contributed by atoms with van der Waals surface area (Å²) in [5.41, 5.74) is 4.09. The van der Waals surface area contributed by atoms with Gasteiger partial charge in [-0.15, -0.1) is 0 Å². The van der Waals surface area contributed by atoms with E-state index in [1.54, 1.807) is 0 Å². The van der Waals surface area contributed by atoms with E-state index in [1.165, 1.54) is 16.7 Å². The lowest BCUT2D eigenvalue weighted by molar-refractivity contribution is 0.861. The van der Waals surface area contributed by atoms with Crippen molar-refractivity contribution in [2.24, 2.45) is 0 Å². The fourth-order valence-corrected chi connectivity index (χ4v) is 1.60. The second-order valence-electron chi connectivity index (χ2n) is 3.85. The normalized spacial score (nSPS) is 9.39. The molecule has 1 nitrogen and oxygen atoms in total. The fourth-order valence-electron chi connectivity index (χ4n) is 1.60. The summed E-state index contributed by atoms with van der Waals surface area (Å²) in [6.45, 7) is 14.6. The fraction of sp³-hybridized carbons (Fsp3) is 0.529. The Kier molecular flexibility index (Phi) is 13.0. The van der Waals surface area contributed by atoms with Crippen LogP contribution in [0.2, 0.25) is 0 Å². The number of hydrogen-bond donors (Lipinski definition) is 1. The average molecular weight is 249 g/mol. The van der Waals surface area contributed by atoms with Crippen LogP contribution in [0.25, 0.3) is 6.08 Å². The minimum atomic E-state index is 0.575. The van der Waals surface area contributed by atoms with Crippen LogP contribution >= 0.6 is 0 Å². The zero-order valence-corrected chi connectivity index (χ0v) is 13.5. The van der Waals surface area contributed by atoms with Crippen molar-refractivity contribution in [3.8, 4) is 0 Å². The van der Waals surface area contributed by atoms with Crippen molar-refractivity contribution in [3.63, 3.8) is 0 Å². The van der Waals surface area contributed by atoms with Crippen molar-refractivity contribution in [1.82, 2.24) is 5.32 Å². The third kappa shape index (κ3) is 6.48. The zero-order valence-electron chi connectivity index (χ0n) is 13.5. The molecule has 0 saturated carbocycles. The van der Waals surface area contributed by atoms with Gasteiger partial charge in [0, 0.05) is 7.05 Å². The van der Waals surface area contributed by atoms with Gasteiger partial charge < -0.3 is 5.32 Å². The minimum Gasteiger partial charge on any atom is -0.394 e. The van der Waals surface area contributed by atoms with E-state index < -0.39 is 0 Å². The molecule has 0 heterocycles. The number of aryl methyl sites for hydroxylation is 1. The first-order valence-corrected chi connectivity index (χ1v) is 7.10. The summed E-state index contributed by atoms with van der Waals surface area (Å²) >= 11 is 0. The number of nitrogens with one attached hydrogen (secondary N) is 1. The smallest absolute Gasteiger partial charge is 0.00277 e. The first-order valence-electron chi connectivity index (χ1n) is 7.10. The van der Waals surface area contributed by atoms with Crippen LogP contribution in [0.4, 0.5) is 0 Å². The monoisotopic (exact) mass is 249 g/mol. The summed E-state index contributed by atoms with van der Waals surface area (Å²) in [4.78, 5) is 0. The van der Waals surface area contributed by atoms with Gasteiger partial charge >= 0.3 is 0 Å². The molecule has 1 aromatic rings. The molecule has 0 aliphatic heterocycles. The Morgan fingerprint density at radius 1 is 1.06 bits per heavy atom. The SMILES string of the molecule is CC.CC.CN/C=C\c1c(C)cccc1C(C)C. The van der Waals surface area contributed by atoms with E-state index in [-0.39, 0.29) is 0 Å². The van der Waals surface area contributed by atoms with Gasteiger partial charge in [0.1, 0.15) is 0 Å². The molecule has 0 aromatic heterocycles. The Morgan fingerprint density at radius 2 is 1.61 bits per heavy atom. The van der Waals surface area contributed by atoms with Crippen LogP contribution in [-0.2, 0) is 0 Å². The Balaban J connectivity index is 0. The van der Waals surface area contributed by atoms with Crippen molar-refractivity contribution in [3.05, 3.63) is 41.1 Å². The molecule has 0 spiro atoms. The van der Waals surface area contributed by atoms with Crippen molar-refractivity contribution in [1.29, 1.82) is 0 Å². The van der Waals surface area contributed by atoms with Crippen molar-refractivity contribution >= 4 is 6.08 Å². The highest BCUT2D eigenvalue weighted by molar-refractivity contribution is 5.58. The molecule has 0 amide bonds. The van der Waals surface area contributed by atoms with E-state index in [9.17, 15) is 0 Å². The van der Waals surface area contributed by atoms with Crippen LogP contribution in [0, 0.1) is 6.92 Å². The molecule has 1 heteroatoms. The maximum atomic E-state index is 3.03. The molecule has 0 radical (unpaired) electrons. The molecular formula is C17H31N. The predicted molar refractivity (Wildman–Crippen MR) is 86.1 cm³/mol. The summed E-state index contributed by atoms with van der Waals surface area (Å²) in [5, 5.41) is 3.03. The molecular weight excluding hydrogens is 218 g/mol. The van der Waals surface area contributed by atoms with E-state index in [0.29, 0.717) is 5.92 Å². The van der Waals surface area contributed by atoms with Gasteiger partial charge in [-0.1, -0.05) is 59.7 Å². The second-order valence-corrected chi connectivity index (χ2v) is 3.85. The standard InChI is InChI=1S/C13H19N.2C2H6/c1-10(2)12-7-5-6-11(3)13(12)8-9-14-4;2*1-2/h5-10,14H,1-4H3;2*1-2H3/b9-8-;;. The van der Waals surface area contributed by atoms with E-state index >= 15 is 0 Å². The van der Waals surface area contributed by atoms with Gasteiger partial charge in [-0.25, -0.2) is 0 Å². The third-order valence-corrected chi connectivity index (χ3v) is 2.40. The Labute approximate surface area is 114 Å². The maximum absolute atomic E-state index is 3.03.